The summed E-state index contributed by atoms with van der Waals surface area (Å²) in [5.74, 6) is 0.614. The molecule has 0 atom stereocenters. The first-order valence-electron chi connectivity index (χ1n) is 6.89. The third-order valence-corrected chi connectivity index (χ3v) is 2.81. The van der Waals surface area contributed by atoms with Gasteiger partial charge in [0.25, 0.3) is 0 Å². The van der Waals surface area contributed by atoms with Gasteiger partial charge in [0.15, 0.2) is 0 Å². The number of para-hydroxylation sites is 1. The molecule has 0 aliphatic rings. The minimum absolute atomic E-state index is 0.109. The number of carbonyl (C=O) groups is 1. The molecule has 0 unspecified atom stereocenters. The number of anilines is 1. The van der Waals surface area contributed by atoms with Gasteiger partial charge in [0.1, 0.15) is 5.82 Å². The number of unbranched alkanes of at least 4 members (excludes halogenated alkanes) is 1. The molecule has 1 amide bonds. The number of methoxy groups -OCH3 is 1. The van der Waals surface area contributed by atoms with Gasteiger partial charge in [0, 0.05) is 31.2 Å². The van der Waals surface area contributed by atoms with Crippen LogP contribution in [0.2, 0.25) is 0 Å². The molecule has 0 saturated carbocycles. The monoisotopic (exact) mass is 289 g/mol. The molecule has 0 bridgehead atoms. The summed E-state index contributed by atoms with van der Waals surface area (Å²) in [6.07, 6.45) is 3.21. The molecule has 2 rings (SSSR count). The number of carbonyl (C=O) groups excluding carboxylic acids is 1. The summed E-state index contributed by atoms with van der Waals surface area (Å²) in [6.45, 7) is 4.80. The highest BCUT2D eigenvalue weighted by Crippen LogP contribution is 2.14. The number of rotatable bonds is 6. The van der Waals surface area contributed by atoms with Gasteiger partial charge in [-0.3, -0.25) is 4.79 Å². The lowest BCUT2D eigenvalue weighted by Crippen LogP contribution is -2.21. The van der Waals surface area contributed by atoms with E-state index in [2.05, 4.69) is 16.9 Å². The summed E-state index contributed by atoms with van der Waals surface area (Å²) in [5, 5.41) is 3.85. The van der Waals surface area contributed by atoms with Crippen LogP contribution in [0.4, 0.5) is 5.82 Å². The van der Waals surface area contributed by atoms with Crippen LogP contribution in [0.15, 0.2) is 43.0 Å². The highest BCUT2D eigenvalue weighted by Gasteiger charge is 1.93. The van der Waals surface area contributed by atoms with Crippen molar-refractivity contribution in [2.24, 2.45) is 0 Å². The summed E-state index contributed by atoms with van der Waals surface area (Å²) in [4.78, 5) is 13.6. The van der Waals surface area contributed by atoms with E-state index in [1.807, 2.05) is 30.3 Å². The Kier molecular flexibility index (Phi) is 7.68. The number of fused-ring (bicyclic) bond motifs is 1. The van der Waals surface area contributed by atoms with E-state index in [0.717, 1.165) is 30.8 Å². The summed E-state index contributed by atoms with van der Waals surface area (Å²) in [5.41, 5.74) is 6.63. The summed E-state index contributed by atoms with van der Waals surface area (Å²) in [7, 11) is 1.67. The van der Waals surface area contributed by atoms with Crippen molar-refractivity contribution in [1.82, 2.24) is 10.3 Å². The number of hydrogen-bond donors (Lipinski definition) is 3. The number of nitrogens with one attached hydrogen (secondary N) is 2. The van der Waals surface area contributed by atoms with Crippen molar-refractivity contribution < 1.29 is 9.53 Å². The van der Waals surface area contributed by atoms with Crippen molar-refractivity contribution in [2.45, 2.75) is 12.8 Å². The zero-order valence-corrected chi connectivity index (χ0v) is 12.4. The molecule has 1 heterocycles. The predicted octanol–water partition coefficient (Wildman–Crippen LogP) is 2.47. The molecule has 0 fully saturated rings. The van der Waals surface area contributed by atoms with E-state index in [0.29, 0.717) is 6.54 Å². The molecule has 114 valence electrons. The molecule has 0 radical (unpaired) electrons. The van der Waals surface area contributed by atoms with Gasteiger partial charge in [-0.2, -0.15) is 0 Å². The minimum Gasteiger partial charge on any atom is -0.385 e. The lowest BCUT2D eigenvalue weighted by Gasteiger charge is -2.00. The first kappa shape index (κ1) is 16.8. The van der Waals surface area contributed by atoms with Gasteiger partial charge in [-0.1, -0.05) is 24.8 Å². The topological polar surface area (TPSA) is 80.1 Å². The smallest absolute Gasteiger partial charge is 0.243 e. The number of ether oxygens (including phenoxy) is 1. The largest absolute Gasteiger partial charge is 0.385 e. The Bertz CT molecular complexity index is 530. The fourth-order valence-electron chi connectivity index (χ4n) is 1.75. The number of nitrogen functional groups attached to an aromatic ring is 1. The van der Waals surface area contributed by atoms with Crippen LogP contribution in [0.25, 0.3) is 10.9 Å². The Morgan fingerprint density at radius 3 is 2.86 bits per heavy atom. The number of H-pyrrole nitrogens is 1. The molecule has 5 nitrogen and oxygen atoms in total. The Labute approximate surface area is 125 Å². The maximum absolute atomic E-state index is 10.6. The van der Waals surface area contributed by atoms with E-state index >= 15 is 0 Å². The van der Waals surface area contributed by atoms with Gasteiger partial charge >= 0.3 is 0 Å². The Morgan fingerprint density at radius 2 is 2.19 bits per heavy atom. The van der Waals surface area contributed by atoms with Crippen LogP contribution < -0.4 is 11.1 Å². The van der Waals surface area contributed by atoms with E-state index in [1.165, 1.54) is 11.5 Å². The van der Waals surface area contributed by atoms with Crippen molar-refractivity contribution in [3.8, 4) is 0 Å². The summed E-state index contributed by atoms with van der Waals surface area (Å²) < 4.78 is 4.84. The number of nitrogens with two attached hydrogens (primary N) is 1. The van der Waals surface area contributed by atoms with Gasteiger partial charge in [-0.05, 0) is 31.1 Å². The molecular weight excluding hydrogens is 266 g/mol. The maximum Gasteiger partial charge on any atom is 0.243 e. The van der Waals surface area contributed by atoms with Crippen molar-refractivity contribution >= 4 is 22.6 Å². The van der Waals surface area contributed by atoms with Crippen molar-refractivity contribution in [3.05, 3.63) is 43.0 Å². The second kappa shape index (κ2) is 9.61. The highest BCUT2D eigenvalue weighted by molar-refractivity contribution is 5.86. The Balaban J connectivity index is 0.000000210. The predicted molar refractivity (Wildman–Crippen MR) is 87.0 cm³/mol. The molecule has 1 aromatic carbocycles. The molecule has 21 heavy (non-hydrogen) atoms. The third-order valence-electron chi connectivity index (χ3n) is 2.81. The van der Waals surface area contributed by atoms with Crippen LogP contribution in [0.5, 0.6) is 0 Å². The van der Waals surface area contributed by atoms with Crippen LogP contribution in [0, 0.1) is 0 Å². The van der Waals surface area contributed by atoms with E-state index in [4.69, 9.17) is 10.5 Å². The minimum atomic E-state index is -0.109. The van der Waals surface area contributed by atoms with Crippen LogP contribution in [-0.2, 0) is 9.53 Å². The summed E-state index contributed by atoms with van der Waals surface area (Å²) >= 11 is 0. The van der Waals surface area contributed by atoms with Gasteiger partial charge < -0.3 is 20.8 Å². The fourth-order valence-corrected chi connectivity index (χ4v) is 1.75. The van der Waals surface area contributed by atoms with Crippen LogP contribution in [0.3, 0.4) is 0 Å². The fraction of sp³-hybridized carbons (Fsp3) is 0.312. The average Bonchev–Trinajstić information content (AvgIpc) is 2.87. The van der Waals surface area contributed by atoms with E-state index in [-0.39, 0.29) is 5.91 Å². The number of amides is 1. The highest BCUT2D eigenvalue weighted by atomic mass is 16.5. The van der Waals surface area contributed by atoms with Crippen molar-refractivity contribution in [1.29, 1.82) is 0 Å². The lowest BCUT2D eigenvalue weighted by molar-refractivity contribution is -0.116. The number of aromatic nitrogens is 1. The molecule has 0 aliphatic carbocycles. The number of benzene rings is 1. The van der Waals surface area contributed by atoms with E-state index < -0.39 is 0 Å². The van der Waals surface area contributed by atoms with Gasteiger partial charge in [-0.15, -0.1) is 0 Å². The van der Waals surface area contributed by atoms with Crippen LogP contribution >= 0.6 is 0 Å². The average molecular weight is 289 g/mol. The first-order valence-corrected chi connectivity index (χ1v) is 6.89. The van der Waals surface area contributed by atoms with E-state index in [9.17, 15) is 4.79 Å². The number of aromatic amines is 1. The maximum atomic E-state index is 10.6. The Hall–Kier alpha value is -2.27. The molecular formula is C16H23N3O2. The SMILES string of the molecule is C=CC(=O)NCCCCOC.Nc1cc2ccccc2[nH]1. The summed E-state index contributed by atoms with van der Waals surface area (Å²) in [6, 6.07) is 9.94. The van der Waals surface area contributed by atoms with Gasteiger partial charge in [0.2, 0.25) is 5.91 Å². The lowest BCUT2D eigenvalue weighted by atomic mass is 10.3. The van der Waals surface area contributed by atoms with E-state index in [1.54, 1.807) is 7.11 Å². The van der Waals surface area contributed by atoms with Crippen LogP contribution in [-0.4, -0.2) is 31.2 Å². The molecule has 0 spiro atoms. The zero-order chi connectivity index (χ0) is 15.5. The standard InChI is InChI=1S/C8H8N2.C8H15NO2/c9-8-5-6-3-1-2-4-7(6)10-8;1-3-8(10)9-6-4-5-7-11-2/h1-5,10H,9H2;3H,1,4-7H2,2H3,(H,9,10). The van der Waals surface area contributed by atoms with Gasteiger partial charge in [-0.25, -0.2) is 0 Å². The zero-order valence-electron chi connectivity index (χ0n) is 12.4. The molecule has 0 saturated heterocycles. The number of hydrogen-bond acceptors (Lipinski definition) is 3. The second-order valence-electron chi connectivity index (χ2n) is 4.51. The Morgan fingerprint density at radius 1 is 1.43 bits per heavy atom. The molecule has 0 aliphatic heterocycles. The molecule has 2 aromatic rings. The normalized spacial score (nSPS) is 9.76. The van der Waals surface area contributed by atoms with Gasteiger partial charge in [0.05, 0.1) is 0 Å². The first-order chi connectivity index (χ1) is 10.2. The van der Waals surface area contributed by atoms with Crippen molar-refractivity contribution in [2.75, 3.05) is 26.0 Å². The molecule has 4 N–H and O–H groups in total. The molecule has 1 aromatic heterocycles. The van der Waals surface area contributed by atoms with Crippen molar-refractivity contribution in [3.63, 3.8) is 0 Å². The quantitative estimate of drug-likeness (QED) is 0.564. The molecule has 5 heteroatoms. The van der Waals surface area contributed by atoms with Crippen LogP contribution in [0.1, 0.15) is 12.8 Å². The third kappa shape index (κ3) is 6.63. The second-order valence-corrected chi connectivity index (χ2v) is 4.51.